The van der Waals surface area contributed by atoms with Gasteiger partial charge in [0.2, 0.25) is 11.8 Å². The molecule has 9 nitrogen and oxygen atoms in total. The second kappa shape index (κ2) is 10.1. The molecule has 166 valence electrons. The number of urea groups is 1. The zero-order chi connectivity index (χ0) is 22.3. The average Bonchev–Trinajstić information content (AvgIpc) is 3.43. The van der Waals surface area contributed by atoms with Crippen LogP contribution in [0.5, 0.6) is 17.4 Å². The number of hydrogen-bond acceptors (Lipinski definition) is 7. The van der Waals surface area contributed by atoms with Gasteiger partial charge in [-0.1, -0.05) is 0 Å². The SMILES string of the molecule is CCOc1ccc(Oc2cc(CNC(=O)Cc3csc(N4CCNC4=O)n3)ccn2)cc1. The zero-order valence-corrected chi connectivity index (χ0v) is 18.4. The Labute approximate surface area is 189 Å². The summed E-state index contributed by atoms with van der Waals surface area (Å²) in [5, 5.41) is 8.02. The van der Waals surface area contributed by atoms with Gasteiger partial charge in [0.1, 0.15) is 11.5 Å². The smallest absolute Gasteiger partial charge is 0.323 e. The van der Waals surface area contributed by atoms with Crippen LogP contribution in [0.4, 0.5) is 9.93 Å². The third-order valence-corrected chi connectivity index (χ3v) is 5.53. The molecule has 0 saturated carbocycles. The average molecular weight is 454 g/mol. The molecule has 0 unspecified atom stereocenters. The van der Waals surface area contributed by atoms with E-state index in [1.165, 1.54) is 11.3 Å². The molecule has 4 rings (SSSR count). The summed E-state index contributed by atoms with van der Waals surface area (Å²) >= 11 is 1.35. The van der Waals surface area contributed by atoms with Crippen LogP contribution in [-0.2, 0) is 17.8 Å². The lowest BCUT2D eigenvalue weighted by Gasteiger charge is -2.09. The van der Waals surface area contributed by atoms with Crippen LogP contribution in [0.3, 0.4) is 0 Å². The van der Waals surface area contributed by atoms with E-state index in [1.807, 2.05) is 37.3 Å². The fourth-order valence-corrected chi connectivity index (χ4v) is 3.94. The van der Waals surface area contributed by atoms with Gasteiger partial charge in [-0.2, -0.15) is 0 Å². The molecular weight excluding hydrogens is 430 g/mol. The van der Waals surface area contributed by atoms with Gasteiger partial charge < -0.3 is 20.1 Å². The van der Waals surface area contributed by atoms with Crippen LogP contribution in [0, 0.1) is 0 Å². The van der Waals surface area contributed by atoms with Crippen LogP contribution in [0.2, 0.25) is 0 Å². The number of anilines is 1. The fourth-order valence-electron chi connectivity index (χ4n) is 3.09. The van der Waals surface area contributed by atoms with Crippen molar-refractivity contribution in [2.75, 3.05) is 24.6 Å². The highest BCUT2D eigenvalue weighted by Gasteiger charge is 2.24. The van der Waals surface area contributed by atoms with Crippen molar-refractivity contribution in [3.63, 3.8) is 0 Å². The van der Waals surface area contributed by atoms with Crippen LogP contribution in [0.15, 0.2) is 48.0 Å². The Balaban J connectivity index is 1.29. The molecule has 10 heteroatoms. The first kappa shape index (κ1) is 21.6. The quantitative estimate of drug-likeness (QED) is 0.516. The highest BCUT2D eigenvalue weighted by Crippen LogP contribution is 2.24. The number of amides is 3. The van der Waals surface area contributed by atoms with Crippen molar-refractivity contribution in [2.45, 2.75) is 19.9 Å². The predicted octanol–water partition coefficient (Wildman–Crippen LogP) is 3.12. The Morgan fingerprint density at radius 3 is 2.81 bits per heavy atom. The molecule has 1 aliphatic rings. The molecule has 1 aromatic carbocycles. The van der Waals surface area contributed by atoms with E-state index < -0.39 is 0 Å². The van der Waals surface area contributed by atoms with Gasteiger partial charge in [-0.25, -0.2) is 14.8 Å². The lowest BCUT2D eigenvalue weighted by Crippen LogP contribution is -2.27. The Morgan fingerprint density at radius 1 is 1.25 bits per heavy atom. The second-order valence-electron chi connectivity index (χ2n) is 6.97. The van der Waals surface area contributed by atoms with E-state index in [4.69, 9.17) is 9.47 Å². The number of aromatic nitrogens is 2. The molecule has 0 spiro atoms. The molecule has 32 heavy (non-hydrogen) atoms. The van der Waals surface area contributed by atoms with Gasteiger partial charge in [0, 0.05) is 37.3 Å². The lowest BCUT2D eigenvalue weighted by atomic mass is 10.2. The largest absolute Gasteiger partial charge is 0.494 e. The molecule has 0 radical (unpaired) electrons. The minimum atomic E-state index is -0.156. The van der Waals surface area contributed by atoms with Gasteiger partial charge in [0.05, 0.1) is 18.7 Å². The standard InChI is InChI=1S/C22H23N5O4S/c1-2-30-17-3-5-18(6-4-17)31-20-11-15(7-8-23-20)13-25-19(28)12-16-14-32-22(26-16)27-10-9-24-21(27)29/h3-8,11,14H,2,9-10,12-13H2,1H3,(H,24,29)(H,25,28). The van der Waals surface area contributed by atoms with Crippen LogP contribution in [-0.4, -0.2) is 41.6 Å². The van der Waals surface area contributed by atoms with Gasteiger partial charge >= 0.3 is 6.03 Å². The minimum absolute atomic E-state index is 0.145. The second-order valence-corrected chi connectivity index (χ2v) is 7.80. The number of carbonyl (C=O) groups excluding carboxylic acids is 2. The first-order valence-electron chi connectivity index (χ1n) is 10.2. The van der Waals surface area contributed by atoms with E-state index in [2.05, 4.69) is 20.6 Å². The van der Waals surface area contributed by atoms with Crippen molar-refractivity contribution in [3.05, 3.63) is 59.2 Å². The van der Waals surface area contributed by atoms with Gasteiger partial charge in [-0.3, -0.25) is 9.69 Å². The van der Waals surface area contributed by atoms with E-state index in [0.717, 1.165) is 11.3 Å². The Morgan fingerprint density at radius 2 is 2.06 bits per heavy atom. The van der Waals surface area contributed by atoms with E-state index in [9.17, 15) is 9.59 Å². The fraction of sp³-hybridized carbons (Fsp3) is 0.273. The zero-order valence-electron chi connectivity index (χ0n) is 17.5. The van der Waals surface area contributed by atoms with Crippen molar-refractivity contribution >= 4 is 28.4 Å². The number of benzene rings is 1. The maximum Gasteiger partial charge on any atom is 0.323 e. The third-order valence-electron chi connectivity index (χ3n) is 4.62. The van der Waals surface area contributed by atoms with Crippen molar-refractivity contribution in [2.24, 2.45) is 0 Å². The number of nitrogens with zero attached hydrogens (tertiary/aromatic N) is 3. The van der Waals surface area contributed by atoms with Crippen LogP contribution >= 0.6 is 11.3 Å². The number of rotatable bonds is 9. The van der Waals surface area contributed by atoms with E-state index in [0.29, 0.717) is 48.7 Å². The summed E-state index contributed by atoms with van der Waals surface area (Å²) in [7, 11) is 0. The summed E-state index contributed by atoms with van der Waals surface area (Å²) in [6, 6.07) is 10.7. The van der Waals surface area contributed by atoms with Crippen molar-refractivity contribution < 1.29 is 19.1 Å². The highest BCUT2D eigenvalue weighted by atomic mass is 32.1. The van der Waals surface area contributed by atoms with Crippen LogP contribution in [0.25, 0.3) is 0 Å². The number of pyridine rings is 1. The Hall–Kier alpha value is -3.66. The topological polar surface area (TPSA) is 106 Å². The highest BCUT2D eigenvalue weighted by molar-refractivity contribution is 7.14. The number of carbonyl (C=O) groups is 2. The third kappa shape index (κ3) is 5.52. The maximum atomic E-state index is 12.3. The molecule has 2 aromatic heterocycles. The molecule has 1 saturated heterocycles. The number of thiazole rings is 1. The number of hydrogen-bond donors (Lipinski definition) is 2. The first-order valence-corrected chi connectivity index (χ1v) is 11.1. The number of nitrogens with one attached hydrogen (secondary N) is 2. The molecular formula is C22H23N5O4S. The summed E-state index contributed by atoms with van der Waals surface area (Å²) in [6.07, 6.45) is 1.78. The van der Waals surface area contributed by atoms with Crippen LogP contribution in [0.1, 0.15) is 18.2 Å². The molecule has 1 aliphatic heterocycles. The number of ether oxygens (including phenoxy) is 2. The predicted molar refractivity (Wildman–Crippen MR) is 120 cm³/mol. The lowest BCUT2D eigenvalue weighted by molar-refractivity contribution is -0.120. The molecule has 3 aromatic rings. The minimum Gasteiger partial charge on any atom is -0.494 e. The van der Waals surface area contributed by atoms with Gasteiger partial charge in [0.15, 0.2) is 5.13 Å². The van der Waals surface area contributed by atoms with E-state index in [-0.39, 0.29) is 18.4 Å². The molecule has 1 fully saturated rings. The normalized spacial score (nSPS) is 13.0. The van der Waals surface area contributed by atoms with Crippen molar-refractivity contribution in [1.29, 1.82) is 0 Å². The summed E-state index contributed by atoms with van der Waals surface area (Å²) in [4.78, 5) is 34.3. The molecule has 2 N–H and O–H groups in total. The van der Waals surface area contributed by atoms with E-state index in [1.54, 1.807) is 22.5 Å². The van der Waals surface area contributed by atoms with Crippen molar-refractivity contribution in [3.8, 4) is 17.4 Å². The maximum absolute atomic E-state index is 12.3. The summed E-state index contributed by atoms with van der Waals surface area (Å²) < 4.78 is 11.2. The molecule has 0 atom stereocenters. The molecule has 3 heterocycles. The Kier molecular flexibility index (Phi) is 6.81. The molecule has 0 aliphatic carbocycles. The Bertz CT molecular complexity index is 1090. The van der Waals surface area contributed by atoms with Gasteiger partial charge in [0.25, 0.3) is 0 Å². The van der Waals surface area contributed by atoms with Gasteiger partial charge in [-0.15, -0.1) is 11.3 Å². The molecule has 3 amide bonds. The monoisotopic (exact) mass is 453 g/mol. The van der Waals surface area contributed by atoms with E-state index >= 15 is 0 Å². The van der Waals surface area contributed by atoms with Crippen LogP contribution < -0.4 is 25.0 Å². The van der Waals surface area contributed by atoms with Gasteiger partial charge in [-0.05, 0) is 42.8 Å². The summed E-state index contributed by atoms with van der Waals surface area (Å²) in [5.41, 5.74) is 1.50. The summed E-state index contributed by atoms with van der Waals surface area (Å²) in [6.45, 7) is 4.06. The first-order chi connectivity index (χ1) is 15.6. The molecule has 0 bridgehead atoms. The summed E-state index contributed by atoms with van der Waals surface area (Å²) in [5.74, 6) is 1.71. The van der Waals surface area contributed by atoms with Crippen molar-refractivity contribution in [1.82, 2.24) is 20.6 Å².